The van der Waals surface area contributed by atoms with E-state index in [-0.39, 0.29) is 6.10 Å². The van der Waals surface area contributed by atoms with Gasteiger partial charge in [0, 0.05) is 6.61 Å². The molecule has 0 bridgehead atoms. The Labute approximate surface area is 126 Å². The van der Waals surface area contributed by atoms with Gasteiger partial charge in [-0.3, -0.25) is 0 Å². The molecule has 21 heavy (non-hydrogen) atoms. The van der Waals surface area contributed by atoms with Gasteiger partial charge in [-0.2, -0.15) is 0 Å². The van der Waals surface area contributed by atoms with Crippen LogP contribution in [0.1, 0.15) is 37.2 Å². The zero-order chi connectivity index (χ0) is 14.5. The van der Waals surface area contributed by atoms with E-state index in [1.54, 1.807) is 7.11 Å². The second kappa shape index (κ2) is 7.14. The van der Waals surface area contributed by atoms with E-state index >= 15 is 0 Å². The molecule has 0 aromatic heterocycles. The quantitative estimate of drug-likeness (QED) is 0.926. The maximum Gasteiger partial charge on any atom is 0.161 e. The Hall–Kier alpha value is -1.26. The summed E-state index contributed by atoms with van der Waals surface area (Å²) >= 11 is 0. The largest absolute Gasteiger partial charge is 0.493 e. The molecule has 116 valence electrons. The first-order chi connectivity index (χ1) is 10.4. The molecule has 1 N–H and O–H groups in total. The first kappa shape index (κ1) is 14.7. The minimum Gasteiger partial charge on any atom is -0.493 e. The van der Waals surface area contributed by atoms with Gasteiger partial charge >= 0.3 is 0 Å². The molecule has 4 heteroatoms. The topological polar surface area (TPSA) is 39.7 Å². The second-order valence-electron chi connectivity index (χ2n) is 5.89. The molecule has 0 amide bonds. The zero-order valence-corrected chi connectivity index (χ0v) is 12.8. The Morgan fingerprint density at radius 1 is 1.14 bits per heavy atom. The van der Waals surface area contributed by atoms with Crippen LogP contribution in [0.3, 0.4) is 0 Å². The molecule has 1 atom stereocenters. The van der Waals surface area contributed by atoms with Gasteiger partial charge in [-0.05, 0) is 62.4 Å². The average Bonchev–Trinajstić information content (AvgIpc) is 2.56. The smallest absolute Gasteiger partial charge is 0.161 e. The first-order valence-corrected chi connectivity index (χ1v) is 8.00. The summed E-state index contributed by atoms with van der Waals surface area (Å²) in [5.41, 5.74) is 1.36. The van der Waals surface area contributed by atoms with Gasteiger partial charge in [0.15, 0.2) is 11.5 Å². The minimum absolute atomic E-state index is 0.149. The summed E-state index contributed by atoms with van der Waals surface area (Å²) in [6.07, 6.45) is 4.66. The minimum atomic E-state index is 0.149. The highest BCUT2D eigenvalue weighted by atomic mass is 16.5. The molecular formula is C17H25NO3. The van der Waals surface area contributed by atoms with Gasteiger partial charge < -0.3 is 19.5 Å². The molecule has 1 aromatic rings. The lowest BCUT2D eigenvalue weighted by molar-refractivity contribution is 0.00639. The van der Waals surface area contributed by atoms with Crippen molar-refractivity contribution in [2.75, 3.05) is 33.4 Å². The van der Waals surface area contributed by atoms with Crippen LogP contribution < -0.4 is 14.8 Å². The fourth-order valence-corrected chi connectivity index (χ4v) is 3.18. The summed E-state index contributed by atoms with van der Waals surface area (Å²) < 4.78 is 17.1. The average molecular weight is 291 g/mol. The Kier molecular flexibility index (Phi) is 4.99. The Morgan fingerprint density at radius 2 is 2.00 bits per heavy atom. The van der Waals surface area contributed by atoms with Crippen molar-refractivity contribution in [2.24, 2.45) is 0 Å². The van der Waals surface area contributed by atoms with Crippen LogP contribution in [0.25, 0.3) is 0 Å². The van der Waals surface area contributed by atoms with Gasteiger partial charge in [0.25, 0.3) is 0 Å². The van der Waals surface area contributed by atoms with Crippen molar-refractivity contribution >= 4 is 0 Å². The molecule has 2 saturated heterocycles. The van der Waals surface area contributed by atoms with E-state index < -0.39 is 0 Å². The van der Waals surface area contributed by atoms with E-state index in [1.165, 1.54) is 18.4 Å². The third-order valence-corrected chi connectivity index (χ3v) is 4.41. The van der Waals surface area contributed by atoms with E-state index in [0.29, 0.717) is 12.5 Å². The number of benzene rings is 1. The highest BCUT2D eigenvalue weighted by Gasteiger charge is 2.20. The second-order valence-corrected chi connectivity index (χ2v) is 5.89. The SMILES string of the molecule is COc1ccc(C2CCNCC2)cc1OC1CCCOC1. The van der Waals surface area contributed by atoms with Crippen molar-refractivity contribution in [3.05, 3.63) is 23.8 Å². The standard InChI is InChI=1S/C17H25NO3/c1-19-16-5-4-14(13-6-8-18-9-7-13)11-17(16)21-15-3-2-10-20-12-15/h4-5,11,13,15,18H,2-3,6-10,12H2,1H3. The third kappa shape index (κ3) is 3.69. The predicted octanol–water partition coefficient (Wildman–Crippen LogP) is 2.72. The van der Waals surface area contributed by atoms with Crippen LogP contribution in [0.5, 0.6) is 11.5 Å². The van der Waals surface area contributed by atoms with Crippen molar-refractivity contribution in [3.63, 3.8) is 0 Å². The maximum absolute atomic E-state index is 6.14. The molecule has 0 spiro atoms. The van der Waals surface area contributed by atoms with Gasteiger partial charge in [0.2, 0.25) is 0 Å². The van der Waals surface area contributed by atoms with Gasteiger partial charge in [-0.1, -0.05) is 6.07 Å². The van der Waals surface area contributed by atoms with Crippen LogP contribution >= 0.6 is 0 Å². The van der Waals surface area contributed by atoms with Crippen LogP contribution in [-0.2, 0) is 4.74 Å². The van der Waals surface area contributed by atoms with E-state index in [2.05, 4.69) is 17.4 Å². The van der Waals surface area contributed by atoms with Crippen molar-refractivity contribution in [1.29, 1.82) is 0 Å². The van der Waals surface area contributed by atoms with Crippen LogP contribution in [-0.4, -0.2) is 39.5 Å². The molecule has 0 radical (unpaired) electrons. The molecule has 0 saturated carbocycles. The number of methoxy groups -OCH3 is 1. The van der Waals surface area contributed by atoms with E-state index in [1.807, 2.05) is 6.07 Å². The van der Waals surface area contributed by atoms with Gasteiger partial charge in [-0.15, -0.1) is 0 Å². The third-order valence-electron chi connectivity index (χ3n) is 4.41. The summed E-state index contributed by atoms with van der Waals surface area (Å²) in [6.45, 7) is 3.74. The summed E-state index contributed by atoms with van der Waals surface area (Å²) in [5.74, 6) is 2.31. The van der Waals surface area contributed by atoms with E-state index in [0.717, 1.165) is 44.0 Å². The molecule has 2 aliphatic rings. The van der Waals surface area contributed by atoms with Crippen LogP contribution in [0, 0.1) is 0 Å². The van der Waals surface area contributed by atoms with Crippen LogP contribution in [0.15, 0.2) is 18.2 Å². The zero-order valence-electron chi connectivity index (χ0n) is 12.8. The van der Waals surface area contributed by atoms with Crippen molar-refractivity contribution in [3.8, 4) is 11.5 Å². The van der Waals surface area contributed by atoms with Gasteiger partial charge in [0.05, 0.1) is 13.7 Å². The summed E-state index contributed by atoms with van der Waals surface area (Å²) in [6, 6.07) is 6.39. The monoisotopic (exact) mass is 291 g/mol. The van der Waals surface area contributed by atoms with Crippen molar-refractivity contribution < 1.29 is 14.2 Å². The molecule has 1 unspecified atom stereocenters. The maximum atomic E-state index is 6.14. The van der Waals surface area contributed by atoms with Crippen LogP contribution in [0.4, 0.5) is 0 Å². The fraction of sp³-hybridized carbons (Fsp3) is 0.647. The lowest BCUT2D eigenvalue weighted by atomic mass is 9.90. The molecular weight excluding hydrogens is 266 g/mol. The van der Waals surface area contributed by atoms with E-state index in [4.69, 9.17) is 14.2 Å². The van der Waals surface area contributed by atoms with Crippen LogP contribution in [0.2, 0.25) is 0 Å². The summed E-state index contributed by atoms with van der Waals surface area (Å²) in [5, 5.41) is 3.41. The molecule has 3 rings (SSSR count). The number of hydrogen-bond acceptors (Lipinski definition) is 4. The van der Waals surface area contributed by atoms with Gasteiger partial charge in [-0.25, -0.2) is 0 Å². The first-order valence-electron chi connectivity index (χ1n) is 8.00. The lowest BCUT2D eigenvalue weighted by Gasteiger charge is -2.26. The lowest BCUT2D eigenvalue weighted by Crippen LogP contribution is -2.28. The summed E-state index contributed by atoms with van der Waals surface area (Å²) in [4.78, 5) is 0. The predicted molar refractivity (Wildman–Crippen MR) is 82.3 cm³/mol. The van der Waals surface area contributed by atoms with Crippen molar-refractivity contribution in [1.82, 2.24) is 5.32 Å². The number of hydrogen-bond donors (Lipinski definition) is 1. The fourth-order valence-electron chi connectivity index (χ4n) is 3.18. The molecule has 0 aliphatic carbocycles. The molecule has 1 aromatic carbocycles. The number of nitrogens with one attached hydrogen (secondary N) is 1. The Morgan fingerprint density at radius 3 is 2.71 bits per heavy atom. The number of piperidine rings is 1. The summed E-state index contributed by atoms with van der Waals surface area (Å²) in [7, 11) is 1.70. The molecule has 2 heterocycles. The Balaban J connectivity index is 1.75. The molecule has 2 aliphatic heterocycles. The highest BCUT2D eigenvalue weighted by Crippen LogP contribution is 2.35. The normalized spacial score (nSPS) is 23.8. The number of ether oxygens (including phenoxy) is 3. The molecule has 4 nitrogen and oxygen atoms in total. The highest BCUT2D eigenvalue weighted by molar-refractivity contribution is 5.44. The van der Waals surface area contributed by atoms with Gasteiger partial charge in [0.1, 0.15) is 6.10 Å². The number of rotatable bonds is 4. The Bertz CT molecular complexity index is 451. The molecule has 2 fully saturated rings. The van der Waals surface area contributed by atoms with E-state index in [9.17, 15) is 0 Å². The van der Waals surface area contributed by atoms with Crippen molar-refractivity contribution in [2.45, 2.75) is 37.7 Å².